The van der Waals surface area contributed by atoms with Crippen molar-refractivity contribution in [3.8, 4) is 0 Å². The van der Waals surface area contributed by atoms with Gasteiger partial charge in [-0.2, -0.15) is 0 Å². The number of hydrogen-bond acceptors (Lipinski definition) is 4. The number of hydrogen-bond donors (Lipinski definition) is 1. The molecule has 1 heterocycles. The summed E-state index contributed by atoms with van der Waals surface area (Å²) in [6.07, 6.45) is 2.86. The van der Waals surface area contributed by atoms with Crippen LogP contribution in [0.1, 0.15) is 25.5 Å². The third-order valence-corrected chi connectivity index (χ3v) is 3.16. The van der Waals surface area contributed by atoms with E-state index >= 15 is 0 Å². The topological polar surface area (TPSA) is 37.8 Å². The number of aromatic nitrogens is 2. The average Bonchev–Trinajstić information content (AvgIpc) is 2.86. The summed E-state index contributed by atoms with van der Waals surface area (Å²) in [4.78, 5) is 0. The highest BCUT2D eigenvalue weighted by Gasteiger charge is 2.27. The van der Waals surface area contributed by atoms with E-state index in [1.807, 2.05) is 5.38 Å². The minimum Gasteiger partial charge on any atom is -0.311 e. The predicted octanol–water partition coefficient (Wildman–Crippen LogP) is 1.67. The van der Waals surface area contributed by atoms with Crippen molar-refractivity contribution in [2.45, 2.75) is 26.3 Å². The molecule has 1 aliphatic carbocycles. The fraction of sp³-hybridized carbons (Fsp3) is 0.778. The monoisotopic (exact) mass is 197 g/mol. The third-order valence-electron chi connectivity index (χ3n) is 2.60. The highest BCUT2D eigenvalue weighted by molar-refractivity contribution is 7.03. The Morgan fingerprint density at radius 2 is 2.54 bits per heavy atom. The highest BCUT2D eigenvalue weighted by atomic mass is 32.1. The Morgan fingerprint density at radius 3 is 3.15 bits per heavy atom. The first-order valence-electron chi connectivity index (χ1n) is 4.83. The second-order valence-corrected chi connectivity index (χ2v) is 4.45. The van der Waals surface area contributed by atoms with E-state index in [9.17, 15) is 0 Å². The summed E-state index contributed by atoms with van der Waals surface area (Å²) >= 11 is 1.42. The lowest BCUT2D eigenvalue weighted by atomic mass is 10.1. The number of nitrogens with zero attached hydrogens (tertiary/aromatic N) is 2. The quantitative estimate of drug-likeness (QED) is 0.780. The molecule has 72 valence electrons. The van der Waals surface area contributed by atoms with Crippen molar-refractivity contribution >= 4 is 11.5 Å². The number of rotatable bonds is 5. The van der Waals surface area contributed by atoms with E-state index in [0.717, 1.165) is 30.6 Å². The molecule has 0 spiro atoms. The molecule has 1 aromatic heterocycles. The predicted molar refractivity (Wildman–Crippen MR) is 53.5 cm³/mol. The molecule has 2 rings (SSSR count). The van der Waals surface area contributed by atoms with Gasteiger partial charge in [0.25, 0.3) is 0 Å². The highest BCUT2D eigenvalue weighted by Crippen LogP contribution is 2.36. The van der Waals surface area contributed by atoms with Gasteiger partial charge in [-0.05, 0) is 42.8 Å². The van der Waals surface area contributed by atoms with Crippen LogP contribution in [0.2, 0.25) is 0 Å². The van der Waals surface area contributed by atoms with E-state index < -0.39 is 0 Å². The van der Waals surface area contributed by atoms with Crippen molar-refractivity contribution in [1.82, 2.24) is 14.9 Å². The molecule has 1 fully saturated rings. The average molecular weight is 197 g/mol. The maximum atomic E-state index is 3.98. The van der Waals surface area contributed by atoms with Crippen LogP contribution in [0, 0.1) is 11.8 Å². The molecule has 3 nitrogen and oxygen atoms in total. The first-order valence-corrected chi connectivity index (χ1v) is 5.66. The lowest BCUT2D eigenvalue weighted by molar-refractivity contribution is 0.460. The van der Waals surface area contributed by atoms with Crippen LogP contribution in [0.15, 0.2) is 5.38 Å². The van der Waals surface area contributed by atoms with Gasteiger partial charge in [0.2, 0.25) is 0 Å². The molecule has 0 amide bonds. The zero-order chi connectivity index (χ0) is 9.10. The Balaban J connectivity index is 1.63. The van der Waals surface area contributed by atoms with Crippen LogP contribution in [-0.2, 0) is 6.54 Å². The van der Waals surface area contributed by atoms with Crippen molar-refractivity contribution < 1.29 is 0 Å². The standard InChI is InChI=1S/C9H15N3S/c1-7(8-2-3-8)4-10-5-9-6-13-12-11-9/h6-8,10H,2-5H2,1H3. The molecule has 1 unspecified atom stereocenters. The van der Waals surface area contributed by atoms with E-state index in [0.29, 0.717) is 0 Å². The summed E-state index contributed by atoms with van der Waals surface area (Å²) in [6, 6.07) is 0. The first-order chi connectivity index (χ1) is 6.36. The largest absolute Gasteiger partial charge is 0.311 e. The van der Waals surface area contributed by atoms with E-state index in [4.69, 9.17) is 0 Å². The van der Waals surface area contributed by atoms with Gasteiger partial charge >= 0.3 is 0 Å². The summed E-state index contributed by atoms with van der Waals surface area (Å²) in [7, 11) is 0. The van der Waals surface area contributed by atoms with Crippen LogP contribution < -0.4 is 5.32 Å². The molecule has 0 radical (unpaired) electrons. The molecule has 1 saturated carbocycles. The van der Waals surface area contributed by atoms with Crippen LogP contribution in [-0.4, -0.2) is 16.1 Å². The van der Waals surface area contributed by atoms with Crippen molar-refractivity contribution in [1.29, 1.82) is 0 Å². The van der Waals surface area contributed by atoms with Gasteiger partial charge in [-0.3, -0.25) is 0 Å². The molecule has 13 heavy (non-hydrogen) atoms. The Bertz CT molecular complexity index is 243. The Morgan fingerprint density at radius 1 is 1.69 bits per heavy atom. The Kier molecular flexibility index (Phi) is 2.90. The van der Waals surface area contributed by atoms with Crippen molar-refractivity contribution in [3.63, 3.8) is 0 Å². The smallest absolute Gasteiger partial charge is 0.0893 e. The van der Waals surface area contributed by atoms with Crippen LogP contribution in [0.5, 0.6) is 0 Å². The fourth-order valence-electron chi connectivity index (χ4n) is 1.52. The van der Waals surface area contributed by atoms with Crippen LogP contribution in [0.4, 0.5) is 0 Å². The van der Waals surface area contributed by atoms with Gasteiger partial charge in [-0.25, -0.2) is 0 Å². The second kappa shape index (κ2) is 4.15. The van der Waals surface area contributed by atoms with Gasteiger partial charge in [0.1, 0.15) is 0 Å². The lowest BCUT2D eigenvalue weighted by Gasteiger charge is -2.09. The van der Waals surface area contributed by atoms with Gasteiger partial charge in [-0.15, -0.1) is 5.10 Å². The Hall–Kier alpha value is -0.480. The normalized spacial score (nSPS) is 18.8. The molecule has 0 aliphatic heterocycles. The zero-order valence-electron chi connectivity index (χ0n) is 7.86. The minimum absolute atomic E-state index is 0.826. The summed E-state index contributed by atoms with van der Waals surface area (Å²) in [5, 5.41) is 9.39. The van der Waals surface area contributed by atoms with Gasteiger partial charge in [0.15, 0.2) is 0 Å². The molecule has 1 aromatic rings. The zero-order valence-corrected chi connectivity index (χ0v) is 8.68. The van der Waals surface area contributed by atoms with E-state index in [2.05, 4.69) is 21.8 Å². The van der Waals surface area contributed by atoms with Crippen LogP contribution in [0.25, 0.3) is 0 Å². The first kappa shape index (κ1) is 9.09. The van der Waals surface area contributed by atoms with Gasteiger partial charge < -0.3 is 5.32 Å². The molecule has 1 aliphatic rings. The summed E-state index contributed by atoms with van der Waals surface area (Å²) in [5.74, 6) is 1.81. The minimum atomic E-state index is 0.826. The van der Waals surface area contributed by atoms with Crippen molar-refractivity contribution in [3.05, 3.63) is 11.1 Å². The summed E-state index contributed by atoms with van der Waals surface area (Å²) in [5.41, 5.74) is 1.06. The fourth-order valence-corrected chi connectivity index (χ4v) is 1.97. The molecule has 0 saturated heterocycles. The van der Waals surface area contributed by atoms with Crippen LogP contribution in [0.3, 0.4) is 0 Å². The third kappa shape index (κ3) is 2.74. The number of nitrogens with one attached hydrogen (secondary N) is 1. The van der Waals surface area contributed by atoms with E-state index in [1.54, 1.807) is 0 Å². The second-order valence-electron chi connectivity index (χ2n) is 3.84. The Labute approximate surface area is 82.7 Å². The lowest BCUT2D eigenvalue weighted by Crippen LogP contribution is -2.21. The SMILES string of the molecule is CC(CNCc1csnn1)C1CC1. The molecular formula is C9H15N3S. The maximum absolute atomic E-state index is 3.98. The van der Waals surface area contributed by atoms with E-state index in [-0.39, 0.29) is 0 Å². The van der Waals surface area contributed by atoms with Crippen molar-refractivity contribution in [2.75, 3.05) is 6.54 Å². The van der Waals surface area contributed by atoms with Crippen LogP contribution >= 0.6 is 11.5 Å². The summed E-state index contributed by atoms with van der Waals surface area (Å²) in [6.45, 7) is 4.31. The molecule has 0 aromatic carbocycles. The van der Waals surface area contributed by atoms with Crippen molar-refractivity contribution in [2.24, 2.45) is 11.8 Å². The molecule has 1 atom stereocenters. The van der Waals surface area contributed by atoms with Gasteiger partial charge in [0, 0.05) is 11.9 Å². The summed E-state index contributed by atoms with van der Waals surface area (Å²) < 4.78 is 3.82. The molecule has 1 N–H and O–H groups in total. The molecule has 0 bridgehead atoms. The molecule has 4 heteroatoms. The van der Waals surface area contributed by atoms with E-state index in [1.165, 1.54) is 24.4 Å². The maximum Gasteiger partial charge on any atom is 0.0893 e. The van der Waals surface area contributed by atoms with Gasteiger partial charge in [0.05, 0.1) is 5.69 Å². The molecular weight excluding hydrogens is 182 g/mol. The van der Waals surface area contributed by atoms with Gasteiger partial charge in [-0.1, -0.05) is 11.4 Å².